The molecule has 0 saturated carbocycles. The Bertz CT molecular complexity index is 534. The first-order valence-electron chi connectivity index (χ1n) is 5.38. The van der Waals surface area contributed by atoms with Crippen LogP contribution < -0.4 is 5.73 Å². The Kier molecular flexibility index (Phi) is 3.35. The van der Waals surface area contributed by atoms with E-state index in [1.807, 2.05) is 6.07 Å². The molecular formula is C13H13FN2O. The first kappa shape index (κ1) is 11.5. The SMILES string of the molecule is NCCc1ccn(C(=O)c2cccc(F)c2)c1. The van der Waals surface area contributed by atoms with E-state index in [1.165, 1.54) is 22.8 Å². The fraction of sp³-hybridized carbons (Fsp3) is 0.154. The highest BCUT2D eigenvalue weighted by Crippen LogP contribution is 2.08. The van der Waals surface area contributed by atoms with Gasteiger partial charge in [0.25, 0.3) is 5.91 Å². The summed E-state index contributed by atoms with van der Waals surface area (Å²) in [5.41, 5.74) is 6.76. The van der Waals surface area contributed by atoms with Gasteiger partial charge in [0.05, 0.1) is 0 Å². The summed E-state index contributed by atoms with van der Waals surface area (Å²) in [7, 11) is 0. The molecule has 0 saturated heterocycles. The highest BCUT2D eigenvalue weighted by Gasteiger charge is 2.09. The minimum Gasteiger partial charge on any atom is -0.330 e. The van der Waals surface area contributed by atoms with Crippen LogP contribution >= 0.6 is 0 Å². The Labute approximate surface area is 98.7 Å². The van der Waals surface area contributed by atoms with Crippen molar-refractivity contribution >= 4 is 5.91 Å². The molecule has 2 aromatic rings. The van der Waals surface area contributed by atoms with E-state index in [2.05, 4.69) is 0 Å². The van der Waals surface area contributed by atoms with Gasteiger partial charge in [-0.1, -0.05) is 6.07 Å². The van der Waals surface area contributed by atoms with Crippen molar-refractivity contribution in [2.24, 2.45) is 5.73 Å². The monoisotopic (exact) mass is 232 g/mol. The number of benzene rings is 1. The highest BCUT2D eigenvalue weighted by atomic mass is 19.1. The Hall–Kier alpha value is -1.94. The first-order valence-corrected chi connectivity index (χ1v) is 5.38. The van der Waals surface area contributed by atoms with Crippen LogP contribution in [0.1, 0.15) is 15.9 Å². The summed E-state index contributed by atoms with van der Waals surface area (Å²) in [6, 6.07) is 7.49. The topological polar surface area (TPSA) is 48.0 Å². The molecule has 88 valence electrons. The molecule has 0 bridgehead atoms. The van der Waals surface area contributed by atoms with Gasteiger partial charge in [0.1, 0.15) is 5.82 Å². The summed E-state index contributed by atoms with van der Waals surface area (Å²) in [4.78, 5) is 12.0. The standard InChI is InChI=1S/C13H13FN2O/c14-12-3-1-2-11(8-12)13(17)16-7-5-10(9-16)4-6-15/h1-3,5,7-9H,4,6,15H2. The van der Waals surface area contributed by atoms with Crippen LogP contribution in [0.25, 0.3) is 0 Å². The van der Waals surface area contributed by atoms with Crippen LogP contribution in [0.5, 0.6) is 0 Å². The Morgan fingerprint density at radius 1 is 1.35 bits per heavy atom. The zero-order chi connectivity index (χ0) is 12.3. The molecule has 0 aliphatic heterocycles. The van der Waals surface area contributed by atoms with Gasteiger partial charge in [0.15, 0.2) is 0 Å². The van der Waals surface area contributed by atoms with Gasteiger partial charge in [-0.05, 0) is 42.8 Å². The van der Waals surface area contributed by atoms with Crippen molar-refractivity contribution in [3.8, 4) is 0 Å². The van der Waals surface area contributed by atoms with E-state index in [-0.39, 0.29) is 5.91 Å². The molecule has 0 amide bonds. The molecule has 0 atom stereocenters. The van der Waals surface area contributed by atoms with Crippen LogP contribution in [0.4, 0.5) is 4.39 Å². The molecular weight excluding hydrogens is 219 g/mol. The van der Waals surface area contributed by atoms with Crippen molar-refractivity contribution in [1.82, 2.24) is 4.57 Å². The third-order valence-corrected chi connectivity index (χ3v) is 2.49. The van der Waals surface area contributed by atoms with E-state index in [4.69, 9.17) is 5.73 Å². The van der Waals surface area contributed by atoms with Crippen LogP contribution in [-0.2, 0) is 6.42 Å². The maximum atomic E-state index is 13.0. The van der Waals surface area contributed by atoms with E-state index in [9.17, 15) is 9.18 Å². The van der Waals surface area contributed by atoms with Crippen molar-refractivity contribution < 1.29 is 9.18 Å². The number of rotatable bonds is 3. The molecule has 0 radical (unpaired) electrons. The fourth-order valence-corrected chi connectivity index (χ4v) is 1.65. The van der Waals surface area contributed by atoms with Crippen LogP contribution in [0.3, 0.4) is 0 Å². The predicted octanol–water partition coefficient (Wildman–Crippen LogP) is 1.82. The lowest BCUT2D eigenvalue weighted by Gasteiger charge is -2.01. The van der Waals surface area contributed by atoms with Gasteiger partial charge in [-0.25, -0.2) is 4.39 Å². The predicted molar refractivity (Wildman–Crippen MR) is 63.3 cm³/mol. The Morgan fingerprint density at radius 2 is 2.18 bits per heavy atom. The largest absolute Gasteiger partial charge is 0.330 e. The summed E-state index contributed by atoms with van der Waals surface area (Å²) >= 11 is 0. The normalized spacial score (nSPS) is 10.5. The molecule has 4 heteroatoms. The van der Waals surface area contributed by atoms with E-state index in [0.717, 1.165) is 12.0 Å². The molecule has 3 nitrogen and oxygen atoms in total. The second-order valence-electron chi connectivity index (χ2n) is 3.78. The number of hydrogen-bond donors (Lipinski definition) is 1. The van der Waals surface area contributed by atoms with Gasteiger partial charge in [-0.3, -0.25) is 9.36 Å². The molecule has 0 aliphatic rings. The highest BCUT2D eigenvalue weighted by molar-refractivity contribution is 5.96. The van der Waals surface area contributed by atoms with Gasteiger partial charge < -0.3 is 5.73 Å². The lowest BCUT2D eigenvalue weighted by atomic mass is 10.2. The molecule has 1 heterocycles. The van der Waals surface area contributed by atoms with Gasteiger partial charge in [-0.2, -0.15) is 0 Å². The Morgan fingerprint density at radius 3 is 2.88 bits per heavy atom. The molecule has 2 N–H and O–H groups in total. The number of aromatic nitrogens is 1. The van der Waals surface area contributed by atoms with Crippen LogP contribution in [0, 0.1) is 5.82 Å². The maximum Gasteiger partial charge on any atom is 0.261 e. The fourth-order valence-electron chi connectivity index (χ4n) is 1.65. The van der Waals surface area contributed by atoms with Crippen molar-refractivity contribution in [2.45, 2.75) is 6.42 Å². The van der Waals surface area contributed by atoms with E-state index >= 15 is 0 Å². The second kappa shape index (κ2) is 4.93. The minimum absolute atomic E-state index is 0.243. The smallest absolute Gasteiger partial charge is 0.261 e. The third-order valence-electron chi connectivity index (χ3n) is 2.49. The van der Waals surface area contributed by atoms with Crippen LogP contribution in [0.2, 0.25) is 0 Å². The molecule has 0 fully saturated rings. The van der Waals surface area contributed by atoms with Crippen LogP contribution in [-0.4, -0.2) is 17.0 Å². The zero-order valence-electron chi connectivity index (χ0n) is 9.27. The number of halogens is 1. The molecule has 1 aromatic heterocycles. The van der Waals surface area contributed by atoms with E-state index in [1.54, 1.807) is 18.5 Å². The van der Waals surface area contributed by atoms with Gasteiger partial charge >= 0.3 is 0 Å². The average Bonchev–Trinajstić information content (AvgIpc) is 2.77. The summed E-state index contributed by atoms with van der Waals surface area (Å²) in [5.74, 6) is -0.655. The molecule has 0 aliphatic carbocycles. The summed E-state index contributed by atoms with van der Waals surface area (Å²) in [6.07, 6.45) is 4.11. The molecule has 1 aromatic carbocycles. The van der Waals surface area contributed by atoms with Crippen LogP contribution in [0.15, 0.2) is 42.7 Å². The number of carbonyl (C=O) groups is 1. The number of nitrogens with zero attached hydrogens (tertiary/aromatic N) is 1. The van der Waals surface area contributed by atoms with E-state index < -0.39 is 5.82 Å². The van der Waals surface area contributed by atoms with Crippen molar-refractivity contribution in [3.05, 3.63) is 59.7 Å². The molecule has 17 heavy (non-hydrogen) atoms. The number of nitrogens with two attached hydrogens (primary N) is 1. The lowest BCUT2D eigenvalue weighted by Crippen LogP contribution is -2.10. The quantitative estimate of drug-likeness (QED) is 0.877. The van der Waals surface area contributed by atoms with Gasteiger partial charge in [-0.15, -0.1) is 0 Å². The van der Waals surface area contributed by atoms with E-state index in [0.29, 0.717) is 12.1 Å². The summed E-state index contributed by atoms with van der Waals surface area (Å²) < 4.78 is 14.4. The second-order valence-corrected chi connectivity index (χ2v) is 3.78. The van der Waals surface area contributed by atoms with Crippen molar-refractivity contribution in [3.63, 3.8) is 0 Å². The number of hydrogen-bond acceptors (Lipinski definition) is 2. The molecule has 0 unspecified atom stereocenters. The molecule has 0 spiro atoms. The molecule has 2 rings (SSSR count). The van der Waals surface area contributed by atoms with Crippen molar-refractivity contribution in [1.29, 1.82) is 0 Å². The first-order chi connectivity index (χ1) is 8.20. The summed E-state index contributed by atoms with van der Waals surface area (Å²) in [5, 5.41) is 0. The van der Waals surface area contributed by atoms with Gasteiger partial charge in [0.2, 0.25) is 0 Å². The third kappa shape index (κ3) is 2.60. The lowest BCUT2D eigenvalue weighted by molar-refractivity contribution is 0.0959. The van der Waals surface area contributed by atoms with Crippen molar-refractivity contribution in [2.75, 3.05) is 6.54 Å². The maximum absolute atomic E-state index is 13.0. The average molecular weight is 232 g/mol. The number of carbonyl (C=O) groups excluding carboxylic acids is 1. The van der Waals surface area contributed by atoms with Gasteiger partial charge in [0, 0.05) is 18.0 Å². The Balaban J connectivity index is 2.24. The minimum atomic E-state index is -0.412. The summed E-state index contributed by atoms with van der Waals surface area (Å²) in [6.45, 7) is 0.540. The zero-order valence-corrected chi connectivity index (χ0v) is 9.27.